The second-order valence-corrected chi connectivity index (χ2v) is 9.76. The third-order valence-corrected chi connectivity index (χ3v) is 7.39. The van der Waals surface area contributed by atoms with Gasteiger partial charge in [0.1, 0.15) is 4.38 Å². The van der Waals surface area contributed by atoms with Gasteiger partial charge in [-0.3, -0.25) is 9.48 Å². The van der Waals surface area contributed by atoms with Gasteiger partial charge in [-0.15, -0.1) is 11.8 Å². The Morgan fingerprint density at radius 2 is 2.14 bits per heavy atom. The van der Waals surface area contributed by atoms with Crippen LogP contribution in [-0.4, -0.2) is 26.3 Å². The third-order valence-electron chi connectivity index (χ3n) is 5.18. The number of hydrogen-bond acceptors (Lipinski definition) is 4. The number of rotatable bonds is 4. The number of amides is 1. The van der Waals surface area contributed by atoms with Crippen molar-refractivity contribution in [2.75, 3.05) is 6.26 Å². The molecule has 2 aromatic carbocycles. The number of aromatic nitrogens is 2. The predicted molar refractivity (Wildman–Crippen MR) is 124 cm³/mol. The molecule has 1 aromatic heterocycles. The first kappa shape index (κ1) is 19.0. The number of carbonyl (C=O) groups excluding carboxylic acids is 1. The van der Waals surface area contributed by atoms with Crippen LogP contribution in [0.15, 0.2) is 52.5 Å². The van der Waals surface area contributed by atoms with Crippen LogP contribution in [0, 0.1) is 0 Å². The van der Waals surface area contributed by atoms with Crippen molar-refractivity contribution in [3.8, 4) is 0 Å². The molecule has 4 nitrogen and oxygen atoms in total. The fourth-order valence-corrected chi connectivity index (χ4v) is 5.20. The van der Waals surface area contributed by atoms with Crippen molar-refractivity contribution in [3.63, 3.8) is 0 Å². The van der Waals surface area contributed by atoms with Crippen LogP contribution in [0.1, 0.15) is 35.4 Å². The molecule has 1 amide bonds. The molecule has 2 aliphatic rings. The minimum atomic E-state index is -0.162. The molecule has 7 heteroatoms. The molecule has 1 saturated carbocycles. The van der Waals surface area contributed by atoms with Crippen LogP contribution in [-0.2, 0) is 11.3 Å². The summed E-state index contributed by atoms with van der Waals surface area (Å²) in [7, 11) is 0. The van der Waals surface area contributed by atoms with Crippen molar-refractivity contribution >= 4 is 62.4 Å². The summed E-state index contributed by atoms with van der Waals surface area (Å²) in [5.41, 5.74) is 4.69. The van der Waals surface area contributed by atoms with Crippen LogP contribution in [0.4, 0.5) is 0 Å². The Labute approximate surface area is 182 Å². The summed E-state index contributed by atoms with van der Waals surface area (Å²) in [6.45, 7) is 0.728. The Morgan fingerprint density at radius 3 is 2.90 bits per heavy atom. The number of benzene rings is 2. The number of carbonyl (C=O) groups is 1. The van der Waals surface area contributed by atoms with Crippen molar-refractivity contribution < 1.29 is 4.79 Å². The molecule has 1 aliphatic heterocycles. The highest BCUT2D eigenvalue weighted by molar-refractivity contribution is 8.40. The van der Waals surface area contributed by atoms with Gasteiger partial charge in [-0.25, -0.2) is 0 Å². The number of hydrogen-bond donors (Lipinski definition) is 0. The molecule has 0 radical (unpaired) electrons. The van der Waals surface area contributed by atoms with E-state index >= 15 is 0 Å². The van der Waals surface area contributed by atoms with Crippen molar-refractivity contribution in [2.24, 2.45) is 4.99 Å². The zero-order valence-corrected chi connectivity index (χ0v) is 18.2. The maximum Gasteiger partial charge on any atom is 0.285 e. The van der Waals surface area contributed by atoms with E-state index in [2.05, 4.69) is 34.4 Å². The van der Waals surface area contributed by atoms with Gasteiger partial charge < -0.3 is 0 Å². The van der Waals surface area contributed by atoms with E-state index in [0.717, 1.165) is 32.4 Å². The van der Waals surface area contributed by atoms with E-state index in [9.17, 15) is 4.79 Å². The van der Waals surface area contributed by atoms with E-state index in [1.54, 1.807) is 0 Å². The van der Waals surface area contributed by atoms with Crippen molar-refractivity contribution in [1.82, 2.24) is 9.78 Å². The fraction of sp³-hybridized carbons (Fsp3) is 0.227. The summed E-state index contributed by atoms with van der Waals surface area (Å²) < 4.78 is 2.83. The highest BCUT2D eigenvalue weighted by Crippen LogP contribution is 2.42. The molecule has 0 bridgehead atoms. The maximum atomic E-state index is 12.0. The lowest BCUT2D eigenvalue weighted by Crippen LogP contribution is -2.04. The first-order chi connectivity index (χ1) is 14.1. The number of nitrogens with zero attached hydrogens (tertiary/aromatic N) is 3. The Balaban J connectivity index is 1.43. The monoisotopic (exact) mass is 439 g/mol. The Kier molecular flexibility index (Phi) is 5.02. The molecule has 29 heavy (non-hydrogen) atoms. The fourth-order valence-electron chi connectivity index (χ4n) is 3.60. The highest BCUT2D eigenvalue weighted by atomic mass is 35.5. The first-order valence-electron chi connectivity index (χ1n) is 9.41. The predicted octanol–water partition coefficient (Wildman–Crippen LogP) is 5.95. The Morgan fingerprint density at radius 1 is 1.28 bits per heavy atom. The Hall–Kier alpha value is -2.02. The van der Waals surface area contributed by atoms with Gasteiger partial charge in [-0.05, 0) is 72.0 Å². The minimum Gasteiger partial charge on any atom is -0.266 e. The average molecular weight is 440 g/mol. The topological polar surface area (TPSA) is 47.2 Å². The van der Waals surface area contributed by atoms with Gasteiger partial charge in [0.05, 0.1) is 23.2 Å². The van der Waals surface area contributed by atoms with Crippen LogP contribution < -0.4 is 0 Å². The van der Waals surface area contributed by atoms with Crippen molar-refractivity contribution in [2.45, 2.75) is 25.3 Å². The van der Waals surface area contributed by atoms with Crippen molar-refractivity contribution in [3.05, 3.63) is 69.2 Å². The van der Waals surface area contributed by atoms with E-state index in [4.69, 9.17) is 11.6 Å². The molecule has 0 saturated heterocycles. The summed E-state index contributed by atoms with van der Waals surface area (Å²) in [6, 6.07) is 12.4. The average Bonchev–Trinajstić information content (AvgIpc) is 3.40. The summed E-state index contributed by atoms with van der Waals surface area (Å²) in [6.07, 6.45) is 8.20. The summed E-state index contributed by atoms with van der Waals surface area (Å²) >= 11 is 9.14. The van der Waals surface area contributed by atoms with Gasteiger partial charge >= 0.3 is 0 Å². The van der Waals surface area contributed by atoms with Crippen LogP contribution in [0.2, 0.25) is 5.02 Å². The highest BCUT2D eigenvalue weighted by Gasteiger charge is 2.26. The van der Waals surface area contributed by atoms with Gasteiger partial charge in [0.2, 0.25) is 0 Å². The van der Waals surface area contributed by atoms with E-state index in [0.29, 0.717) is 10.8 Å². The molecule has 146 valence electrons. The molecule has 0 spiro atoms. The molecule has 0 N–H and O–H groups in total. The molecule has 5 rings (SSSR count). The molecule has 0 atom stereocenters. The summed E-state index contributed by atoms with van der Waals surface area (Å²) in [4.78, 5) is 16.7. The number of thioether (sulfide) groups is 2. The van der Waals surface area contributed by atoms with Crippen LogP contribution in [0.3, 0.4) is 0 Å². The maximum absolute atomic E-state index is 12.0. The quantitative estimate of drug-likeness (QED) is 0.471. The first-order valence-corrected chi connectivity index (χ1v) is 11.8. The van der Waals surface area contributed by atoms with E-state index in [-0.39, 0.29) is 5.91 Å². The zero-order valence-electron chi connectivity index (χ0n) is 15.8. The van der Waals surface area contributed by atoms with Gasteiger partial charge in [0.25, 0.3) is 5.91 Å². The van der Waals surface area contributed by atoms with Crippen LogP contribution in [0.25, 0.3) is 17.0 Å². The largest absolute Gasteiger partial charge is 0.285 e. The van der Waals surface area contributed by atoms with Crippen molar-refractivity contribution in [1.29, 1.82) is 0 Å². The second kappa shape index (κ2) is 7.67. The second-order valence-electron chi connectivity index (χ2n) is 7.24. The Bertz CT molecular complexity index is 1190. The molecular formula is C22H18ClN3OS2. The number of halogens is 1. The van der Waals surface area contributed by atoms with E-state index in [1.165, 1.54) is 47.5 Å². The zero-order chi connectivity index (χ0) is 20.0. The smallest absolute Gasteiger partial charge is 0.266 e. The van der Waals surface area contributed by atoms with E-state index in [1.807, 2.05) is 35.3 Å². The minimum absolute atomic E-state index is 0.162. The lowest BCUT2D eigenvalue weighted by molar-refractivity contribution is -0.113. The third kappa shape index (κ3) is 3.89. The lowest BCUT2D eigenvalue weighted by Gasteiger charge is -2.10. The lowest BCUT2D eigenvalue weighted by atomic mass is 10.0. The standard InChI is InChI=1S/C22H18ClN3OS2/c1-28-22-25-21(27)20(29-22)9-13-2-7-19-16(8-13)11-24-26(19)12-15-5-6-17(23)10-18(15)14-3-4-14/h2,5-11,14H,3-4,12H2,1H3/b20-9-. The van der Waals surface area contributed by atoms with Gasteiger partial charge in [-0.1, -0.05) is 35.5 Å². The van der Waals surface area contributed by atoms with Gasteiger partial charge in [-0.2, -0.15) is 10.1 Å². The summed E-state index contributed by atoms with van der Waals surface area (Å²) in [5.74, 6) is 0.476. The van der Waals surface area contributed by atoms with Crippen LogP contribution in [0.5, 0.6) is 0 Å². The molecule has 2 heterocycles. The molecule has 1 aliphatic carbocycles. The van der Waals surface area contributed by atoms with Gasteiger partial charge in [0, 0.05) is 10.4 Å². The number of aliphatic imine (C=N–C) groups is 1. The molecule has 0 unspecified atom stereocenters. The summed E-state index contributed by atoms with van der Waals surface area (Å²) in [5, 5.41) is 6.47. The van der Waals surface area contributed by atoms with E-state index < -0.39 is 0 Å². The SMILES string of the molecule is CSC1=NC(=O)/C(=C/c2ccc3c(cnn3Cc3ccc(Cl)cc3C3CC3)c2)S1. The molecule has 3 aromatic rings. The molecular weight excluding hydrogens is 422 g/mol. The van der Waals surface area contributed by atoms with Crippen LogP contribution >= 0.6 is 35.1 Å². The normalized spacial score (nSPS) is 18.1. The van der Waals surface area contributed by atoms with Gasteiger partial charge in [0.15, 0.2) is 0 Å². The molecule has 1 fully saturated rings. The number of fused-ring (bicyclic) bond motifs is 1.